The van der Waals surface area contributed by atoms with E-state index in [1.54, 1.807) is 13.8 Å². The molecule has 1 amide bonds. The van der Waals surface area contributed by atoms with Crippen LogP contribution in [0.5, 0.6) is 0 Å². The fourth-order valence-corrected chi connectivity index (χ4v) is 4.44. The summed E-state index contributed by atoms with van der Waals surface area (Å²) in [7, 11) is 0. The summed E-state index contributed by atoms with van der Waals surface area (Å²) in [5, 5.41) is 12.7. The second-order valence-corrected chi connectivity index (χ2v) is 7.97. The van der Waals surface area contributed by atoms with Crippen LogP contribution in [-0.2, 0) is 25.5 Å². The number of carbonyl (C=O) groups excluding carboxylic acids is 2. The maximum absolute atomic E-state index is 13.2. The Hall–Kier alpha value is -2.67. The second-order valence-electron chi connectivity index (χ2n) is 7.97. The molecule has 1 aliphatic heterocycles. The predicted octanol–water partition coefficient (Wildman–Crippen LogP) is 2.16. The summed E-state index contributed by atoms with van der Waals surface area (Å²) < 4.78 is 5.20. The SMILES string of the molecule is CCOC(=O)[C@H](CCc1ccccc1)N[C@@H](C)C(=O)N1[C@@H](C(=O)O)C[C@@H]2CC=C[C@H]21. The van der Waals surface area contributed by atoms with Crippen molar-refractivity contribution < 1.29 is 24.2 Å². The van der Waals surface area contributed by atoms with E-state index < -0.39 is 30.1 Å². The summed E-state index contributed by atoms with van der Waals surface area (Å²) in [5.41, 5.74) is 1.09. The van der Waals surface area contributed by atoms with Gasteiger partial charge in [-0.25, -0.2) is 4.79 Å². The van der Waals surface area contributed by atoms with E-state index in [4.69, 9.17) is 4.74 Å². The molecule has 1 fully saturated rings. The number of allylic oxidation sites excluding steroid dienone is 1. The van der Waals surface area contributed by atoms with Crippen molar-refractivity contribution in [3.05, 3.63) is 48.0 Å². The lowest BCUT2D eigenvalue weighted by atomic mass is 10.0. The number of hydrogen-bond donors (Lipinski definition) is 2. The van der Waals surface area contributed by atoms with Crippen molar-refractivity contribution in [3.8, 4) is 0 Å². The fourth-order valence-electron chi connectivity index (χ4n) is 4.44. The van der Waals surface area contributed by atoms with Crippen LogP contribution >= 0.6 is 0 Å². The molecule has 2 N–H and O–H groups in total. The van der Waals surface area contributed by atoms with Crippen LogP contribution in [0, 0.1) is 5.92 Å². The molecule has 1 aromatic rings. The minimum absolute atomic E-state index is 0.154. The molecule has 2 aliphatic rings. The van der Waals surface area contributed by atoms with Gasteiger partial charge >= 0.3 is 11.9 Å². The van der Waals surface area contributed by atoms with Crippen molar-refractivity contribution >= 4 is 17.8 Å². The van der Waals surface area contributed by atoms with Gasteiger partial charge in [-0.1, -0.05) is 42.5 Å². The third kappa shape index (κ3) is 4.90. The van der Waals surface area contributed by atoms with Crippen molar-refractivity contribution in [3.63, 3.8) is 0 Å². The predicted molar refractivity (Wildman–Crippen MR) is 112 cm³/mol. The monoisotopic (exact) mass is 414 g/mol. The van der Waals surface area contributed by atoms with E-state index in [1.165, 1.54) is 4.90 Å². The number of amides is 1. The zero-order valence-electron chi connectivity index (χ0n) is 17.5. The van der Waals surface area contributed by atoms with Gasteiger partial charge in [-0.15, -0.1) is 0 Å². The van der Waals surface area contributed by atoms with Crippen molar-refractivity contribution in [1.29, 1.82) is 0 Å². The first-order valence-electron chi connectivity index (χ1n) is 10.6. The summed E-state index contributed by atoms with van der Waals surface area (Å²) in [6.07, 6.45) is 6.33. The first-order chi connectivity index (χ1) is 14.4. The molecule has 0 saturated carbocycles. The van der Waals surface area contributed by atoms with Gasteiger partial charge in [-0.2, -0.15) is 0 Å². The molecule has 1 heterocycles. The summed E-state index contributed by atoms with van der Waals surface area (Å²) in [4.78, 5) is 38.9. The van der Waals surface area contributed by atoms with Gasteiger partial charge in [0.2, 0.25) is 5.91 Å². The number of benzene rings is 1. The quantitative estimate of drug-likeness (QED) is 0.475. The van der Waals surface area contributed by atoms with E-state index in [0.29, 0.717) is 19.3 Å². The second kappa shape index (κ2) is 9.89. The fraction of sp³-hybridized carbons (Fsp3) is 0.522. The highest BCUT2D eigenvalue weighted by Gasteiger charge is 2.48. The van der Waals surface area contributed by atoms with Crippen molar-refractivity contribution in [2.75, 3.05) is 6.61 Å². The van der Waals surface area contributed by atoms with Crippen molar-refractivity contribution in [2.24, 2.45) is 5.92 Å². The van der Waals surface area contributed by atoms with Gasteiger partial charge in [0.25, 0.3) is 0 Å². The number of likely N-dealkylation sites (tertiary alicyclic amines) is 1. The third-order valence-corrected chi connectivity index (χ3v) is 5.93. The average molecular weight is 415 g/mol. The van der Waals surface area contributed by atoms with Crippen LogP contribution < -0.4 is 5.32 Å². The molecule has 0 spiro atoms. The Morgan fingerprint density at radius 2 is 2.00 bits per heavy atom. The highest BCUT2D eigenvalue weighted by Crippen LogP contribution is 2.37. The van der Waals surface area contributed by atoms with E-state index in [-0.39, 0.29) is 24.5 Å². The van der Waals surface area contributed by atoms with Gasteiger partial charge in [-0.3, -0.25) is 14.9 Å². The number of esters is 1. The lowest BCUT2D eigenvalue weighted by Gasteiger charge is -2.31. The Labute approximate surface area is 177 Å². The number of nitrogens with one attached hydrogen (secondary N) is 1. The minimum Gasteiger partial charge on any atom is -0.480 e. The summed E-state index contributed by atoms with van der Waals surface area (Å²) in [6, 6.07) is 7.44. The van der Waals surface area contributed by atoms with Gasteiger partial charge in [-0.05, 0) is 51.0 Å². The highest BCUT2D eigenvalue weighted by atomic mass is 16.5. The standard InChI is InChI=1S/C23H30N2O5/c1-3-30-23(29)18(13-12-16-8-5-4-6-9-16)24-15(2)21(26)25-19-11-7-10-17(19)14-20(25)22(27)28/h4-9,11,15,17-20,24H,3,10,12-14H2,1-2H3,(H,27,28)/t15-,17-,18-,19+,20+/m0/s1. The van der Waals surface area contributed by atoms with Crippen LogP contribution in [0.15, 0.2) is 42.5 Å². The number of aliphatic carboxylic acids is 1. The number of carbonyl (C=O) groups is 3. The Kier molecular flexibility index (Phi) is 7.26. The Balaban J connectivity index is 1.69. The Morgan fingerprint density at radius 3 is 2.67 bits per heavy atom. The summed E-state index contributed by atoms with van der Waals surface area (Å²) in [5.74, 6) is -1.52. The molecule has 30 heavy (non-hydrogen) atoms. The molecule has 1 aliphatic carbocycles. The topological polar surface area (TPSA) is 95.9 Å². The maximum Gasteiger partial charge on any atom is 0.326 e. The molecular formula is C23H30N2O5. The number of aryl methyl sites for hydroxylation is 1. The largest absolute Gasteiger partial charge is 0.480 e. The summed E-state index contributed by atoms with van der Waals surface area (Å²) >= 11 is 0. The molecule has 7 heteroatoms. The minimum atomic E-state index is -0.982. The van der Waals surface area contributed by atoms with Crippen LogP contribution in [0.4, 0.5) is 0 Å². The van der Waals surface area contributed by atoms with E-state index >= 15 is 0 Å². The molecule has 7 nitrogen and oxygen atoms in total. The van der Waals surface area contributed by atoms with E-state index in [9.17, 15) is 19.5 Å². The van der Waals surface area contributed by atoms with Crippen molar-refractivity contribution in [2.45, 2.75) is 63.7 Å². The number of nitrogens with zero attached hydrogens (tertiary/aromatic N) is 1. The van der Waals surface area contributed by atoms with Crippen molar-refractivity contribution in [1.82, 2.24) is 10.2 Å². The van der Waals surface area contributed by atoms with Crippen LogP contribution in [0.2, 0.25) is 0 Å². The number of carboxylic acid groups (broad SMARTS) is 1. The molecule has 1 aromatic carbocycles. The molecular weight excluding hydrogens is 384 g/mol. The van der Waals surface area contributed by atoms with Crippen LogP contribution in [0.3, 0.4) is 0 Å². The Morgan fingerprint density at radius 1 is 1.27 bits per heavy atom. The molecule has 0 radical (unpaired) electrons. The zero-order chi connectivity index (χ0) is 21.7. The van der Waals surface area contributed by atoms with E-state index in [0.717, 1.165) is 12.0 Å². The smallest absolute Gasteiger partial charge is 0.326 e. The number of rotatable bonds is 9. The molecule has 162 valence electrons. The van der Waals surface area contributed by atoms with Gasteiger partial charge < -0.3 is 14.7 Å². The van der Waals surface area contributed by atoms with Gasteiger partial charge in [0.1, 0.15) is 12.1 Å². The average Bonchev–Trinajstić information content (AvgIpc) is 3.32. The van der Waals surface area contributed by atoms with Gasteiger partial charge in [0.15, 0.2) is 0 Å². The lowest BCUT2D eigenvalue weighted by molar-refractivity contribution is -0.151. The van der Waals surface area contributed by atoms with E-state index in [1.807, 2.05) is 42.5 Å². The van der Waals surface area contributed by atoms with Crippen LogP contribution in [-0.4, -0.2) is 58.6 Å². The number of hydrogen-bond acceptors (Lipinski definition) is 5. The molecule has 0 aromatic heterocycles. The normalized spacial score (nSPS) is 24.3. The van der Waals surface area contributed by atoms with Gasteiger partial charge in [0.05, 0.1) is 18.7 Å². The molecule has 5 atom stereocenters. The molecule has 0 unspecified atom stereocenters. The first kappa shape index (κ1) is 22.0. The molecule has 0 bridgehead atoms. The number of fused-ring (bicyclic) bond motifs is 1. The Bertz CT molecular complexity index is 794. The summed E-state index contributed by atoms with van der Waals surface area (Å²) in [6.45, 7) is 3.68. The number of ether oxygens (including phenoxy) is 1. The highest BCUT2D eigenvalue weighted by molar-refractivity contribution is 5.89. The first-order valence-corrected chi connectivity index (χ1v) is 10.6. The van der Waals surface area contributed by atoms with E-state index in [2.05, 4.69) is 5.32 Å². The maximum atomic E-state index is 13.2. The zero-order valence-corrected chi connectivity index (χ0v) is 17.5. The van der Waals surface area contributed by atoms with Crippen LogP contribution in [0.1, 0.15) is 38.7 Å². The molecule has 3 rings (SSSR count). The third-order valence-electron chi connectivity index (χ3n) is 5.93. The van der Waals surface area contributed by atoms with Gasteiger partial charge in [0, 0.05) is 0 Å². The lowest BCUT2D eigenvalue weighted by Crippen LogP contribution is -2.55. The molecule has 1 saturated heterocycles. The van der Waals surface area contributed by atoms with Crippen LogP contribution in [0.25, 0.3) is 0 Å². The number of carboxylic acids is 1.